The molecule has 0 spiro atoms. The summed E-state index contributed by atoms with van der Waals surface area (Å²) in [5, 5.41) is 2.36. The summed E-state index contributed by atoms with van der Waals surface area (Å²) in [6.45, 7) is 5.01. The first-order valence-electron chi connectivity index (χ1n) is 4.36. The van der Waals surface area contributed by atoms with E-state index in [1.54, 1.807) is 0 Å². The first-order chi connectivity index (χ1) is 6.24. The standard InChI is InChI=1S/C11H13NS/c1-9(2)11-5-3-10(4-6-11)7-12-8-13/h3-6,9H,7H2,1-2H3. The summed E-state index contributed by atoms with van der Waals surface area (Å²) >= 11 is 4.50. The molecule has 1 rings (SSSR count). The second-order valence-corrected chi connectivity index (χ2v) is 3.49. The summed E-state index contributed by atoms with van der Waals surface area (Å²) in [6, 6.07) is 8.45. The monoisotopic (exact) mass is 191 g/mol. The third-order valence-electron chi connectivity index (χ3n) is 1.97. The first kappa shape index (κ1) is 10.1. The summed E-state index contributed by atoms with van der Waals surface area (Å²) in [6.07, 6.45) is 0. The zero-order chi connectivity index (χ0) is 9.68. The smallest absolute Gasteiger partial charge is 0.0743 e. The van der Waals surface area contributed by atoms with Crippen molar-refractivity contribution in [3.8, 4) is 0 Å². The van der Waals surface area contributed by atoms with E-state index in [-0.39, 0.29) is 0 Å². The highest BCUT2D eigenvalue weighted by molar-refractivity contribution is 7.78. The van der Waals surface area contributed by atoms with Crippen molar-refractivity contribution in [3.63, 3.8) is 0 Å². The Kier molecular flexibility index (Phi) is 3.81. The quantitative estimate of drug-likeness (QED) is 0.527. The minimum Gasteiger partial charge on any atom is -0.228 e. The largest absolute Gasteiger partial charge is 0.228 e. The van der Waals surface area contributed by atoms with E-state index in [1.807, 2.05) is 0 Å². The zero-order valence-electron chi connectivity index (χ0n) is 7.95. The van der Waals surface area contributed by atoms with Crippen LogP contribution in [0.3, 0.4) is 0 Å². The molecule has 13 heavy (non-hydrogen) atoms. The number of aliphatic imine (C=N–C) groups is 1. The Morgan fingerprint density at radius 3 is 2.38 bits per heavy atom. The van der Waals surface area contributed by atoms with Gasteiger partial charge in [0.1, 0.15) is 0 Å². The van der Waals surface area contributed by atoms with Crippen LogP contribution in [0.2, 0.25) is 0 Å². The highest BCUT2D eigenvalue weighted by atomic mass is 32.1. The molecule has 0 aliphatic heterocycles. The van der Waals surface area contributed by atoms with Gasteiger partial charge < -0.3 is 0 Å². The van der Waals surface area contributed by atoms with Gasteiger partial charge in [0.15, 0.2) is 0 Å². The Bertz CT molecular complexity index is 307. The van der Waals surface area contributed by atoms with E-state index in [0.717, 1.165) is 0 Å². The number of thiocarbonyl (C=S) groups is 1. The lowest BCUT2D eigenvalue weighted by molar-refractivity contribution is 0.864. The second kappa shape index (κ2) is 4.90. The molecule has 0 radical (unpaired) electrons. The molecule has 0 saturated carbocycles. The van der Waals surface area contributed by atoms with Crippen molar-refractivity contribution >= 4 is 17.4 Å². The Balaban J connectivity index is 2.75. The van der Waals surface area contributed by atoms with Crippen LogP contribution in [-0.4, -0.2) is 5.16 Å². The van der Waals surface area contributed by atoms with Crippen molar-refractivity contribution < 1.29 is 0 Å². The van der Waals surface area contributed by atoms with Gasteiger partial charge in [0.05, 0.1) is 11.7 Å². The van der Waals surface area contributed by atoms with Crippen LogP contribution in [0.1, 0.15) is 30.9 Å². The average Bonchev–Trinajstić information content (AvgIpc) is 2.15. The normalized spacial score (nSPS) is 9.77. The Morgan fingerprint density at radius 2 is 1.92 bits per heavy atom. The van der Waals surface area contributed by atoms with E-state index in [0.29, 0.717) is 12.5 Å². The Hall–Kier alpha value is -0.980. The molecule has 1 nitrogen and oxygen atoms in total. The van der Waals surface area contributed by atoms with Gasteiger partial charge in [-0.15, -0.1) is 0 Å². The van der Waals surface area contributed by atoms with Crippen LogP contribution in [0.4, 0.5) is 0 Å². The Morgan fingerprint density at radius 1 is 1.31 bits per heavy atom. The van der Waals surface area contributed by atoms with E-state index >= 15 is 0 Å². The summed E-state index contributed by atoms with van der Waals surface area (Å²) in [5.41, 5.74) is 2.54. The molecule has 0 heterocycles. The number of nitrogens with zero attached hydrogens (tertiary/aromatic N) is 1. The van der Waals surface area contributed by atoms with E-state index in [2.05, 4.69) is 60.5 Å². The van der Waals surface area contributed by atoms with Crippen LogP contribution in [0, 0.1) is 0 Å². The van der Waals surface area contributed by atoms with Gasteiger partial charge in [-0.1, -0.05) is 38.1 Å². The lowest BCUT2D eigenvalue weighted by Gasteiger charge is -2.04. The third-order valence-corrected chi connectivity index (χ3v) is 2.10. The predicted octanol–water partition coefficient (Wildman–Crippen LogP) is 3.41. The van der Waals surface area contributed by atoms with E-state index in [9.17, 15) is 0 Å². The van der Waals surface area contributed by atoms with E-state index in [1.165, 1.54) is 11.1 Å². The fourth-order valence-electron chi connectivity index (χ4n) is 1.13. The molecule has 0 saturated heterocycles. The summed E-state index contributed by atoms with van der Waals surface area (Å²) in [5.74, 6) is 0.586. The molecule has 0 atom stereocenters. The van der Waals surface area contributed by atoms with Crippen LogP contribution in [0.5, 0.6) is 0 Å². The fourth-order valence-corrected chi connectivity index (χ4v) is 1.20. The minimum absolute atomic E-state index is 0.586. The molecule has 2 heteroatoms. The maximum atomic E-state index is 4.50. The highest BCUT2D eigenvalue weighted by Crippen LogP contribution is 2.14. The van der Waals surface area contributed by atoms with E-state index in [4.69, 9.17) is 0 Å². The number of benzene rings is 1. The van der Waals surface area contributed by atoms with Crippen LogP contribution in [0.25, 0.3) is 0 Å². The molecule has 0 N–H and O–H groups in total. The Labute approximate surface area is 84.5 Å². The fraction of sp³-hybridized carbons (Fsp3) is 0.364. The van der Waals surface area contributed by atoms with Crippen molar-refractivity contribution in [1.29, 1.82) is 0 Å². The van der Waals surface area contributed by atoms with Gasteiger partial charge in [-0.05, 0) is 29.3 Å². The summed E-state index contributed by atoms with van der Waals surface area (Å²) in [7, 11) is 0. The molecule has 0 unspecified atom stereocenters. The van der Waals surface area contributed by atoms with Crippen molar-refractivity contribution in [2.24, 2.45) is 4.99 Å². The minimum atomic E-state index is 0.586. The van der Waals surface area contributed by atoms with Gasteiger partial charge in [0.2, 0.25) is 0 Å². The number of isothiocyanates is 1. The molecular weight excluding hydrogens is 178 g/mol. The van der Waals surface area contributed by atoms with Crippen molar-refractivity contribution in [3.05, 3.63) is 35.4 Å². The first-order valence-corrected chi connectivity index (χ1v) is 4.77. The molecular formula is C11H13NS. The average molecular weight is 191 g/mol. The number of hydrogen-bond acceptors (Lipinski definition) is 2. The van der Waals surface area contributed by atoms with Crippen LogP contribution < -0.4 is 0 Å². The number of rotatable bonds is 3. The molecule has 0 aliphatic rings. The van der Waals surface area contributed by atoms with Gasteiger partial charge in [-0.25, -0.2) is 4.99 Å². The number of hydrogen-bond donors (Lipinski definition) is 0. The third kappa shape index (κ3) is 3.10. The summed E-state index contributed by atoms with van der Waals surface area (Å²) < 4.78 is 0. The molecule has 0 aliphatic carbocycles. The molecule has 1 aromatic rings. The molecule has 0 bridgehead atoms. The zero-order valence-corrected chi connectivity index (χ0v) is 8.77. The van der Waals surface area contributed by atoms with Crippen LogP contribution >= 0.6 is 12.2 Å². The van der Waals surface area contributed by atoms with Crippen LogP contribution in [0.15, 0.2) is 29.3 Å². The van der Waals surface area contributed by atoms with Crippen molar-refractivity contribution in [2.45, 2.75) is 26.3 Å². The second-order valence-electron chi connectivity index (χ2n) is 3.30. The topological polar surface area (TPSA) is 12.4 Å². The van der Waals surface area contributed by atoms with Crippen molar-refractivity contribution in [1.82, 2.24) is 0 Å². The van der Waals surface area contributed by atoms with E-state index < -0.39 is 0 Å². The lowest BCUT2D eigenvalue weighted by Crippen LogP contribution is -1.87. The maximum absolute atomic E-state index is 4.50. The van der Waals surface area contributed by atoms with Gasteiger partial charge in [0, 0.05) is 0 Å². The lowest BCUT2D eigenvalue weighted by atomic mass is 10.0. The molecule has 68 valence electrons. The predicted molar refractivity (Wildman–Crippen MR) is 59.3 cm³/mol. The summed E-state index contributed by atoms with van der Waals surface area (Å²) in [4.78, 5) is 3.88. The maximum Gasteiger partial charge on any atom is 0.0743 e. The molecule has 0 fully saturated rings. The molecule has 0 aromatic heterocycles. The van der Waals surface area contributed by atoms with Gasteiger partial charge >= 0.3 is 0 Å². The highest BCUT2D eigenvalue weighted by Gasteiger charge is 1.97. The molecule has 1 aromatic carbocycles. The van der Waals surface area contributed by atoms with Crippen LogP contribution in [-0.2, 0) is 6.54 Å². The van der Waals surface area contributed by atoms with Gasteiger partial charge in [-0.3, -0.25) is 0 Å². The SMILES string of the molecule is CC(C)c1ccc(CN=C=S)cc1. The van der Waals surface area contributed by atoms with Crippen molar-refractivity contribution in [2.75, 3.05) is 0 Å². The van der Waals surface area contributed by atoms with Gasteiger partial charge in [0.25, 0.3) is 0 Å². The van der Waals surface area contributed by atoms with Gasteiger partial charge in [-0.2, -0.15) is 0 Å². The molecule has 0 amide bonds.